The summed E-state index contributed by atoms with van der Waals surface area (Å²) in [6.07, 6.45) is 5.11. The van der Waals surface area contributed by atoms with Crippen molar-refractivity contribution >= 4 is 11.8 Å². The number of rotatable bonds is 1. The van der Waals surface area contributed by atoms with Crippen LogP contribution in [0.4, 0.5) is 0 Å². The Bertz CT molecular complexity index is 126. The Hall–Kier alpha value is -0.440. The normalized spacial score (nSPS) is 9.29. The van der Waals surface area contributed by atoms with E-state index in [1.807, 2.05) is 6.26 Å². The molecule has 0 aliphatic rings. The predicted octanol–water partition coefficient (Wildman–Crippen LogP) is 1.40. The van der Waals surface area contributed by atoms with Gasteiger partial charge in [0.05, 0.1) is 6.20 Å². The molecular weight excluding hydrogens is 110 g/mol. The lowest BCUT2D eigenvalue weighted by molar-refractivity contribution is 0.455. The van der Waals surface area contributed by atoms with E-state index in [2.05, 4.69) is 4.98 Å². The van der Waals surface area contributed by atoms with Crippen molar-refractivity contribution in [2.75, 3.05) is 6.26 Å². The molecule has 0 saturated carbocycles. The van der Waals surface area contributed by atoms with Crippen LogP contribution in [0, 0.1) is 0 Å². The van der Waals surface area contributed by atoms with Crippen LogP contribution in [0.3, 0.4) is 0 Å². The zero-order valence-electron chi connectivity index (χ0n) is 3.92. The van der Waals surface area contributed by atoms with Gasteiger partial charge in [-0.3, -0.25) is 0 Å². The van der Waals surface area contributed by atoms with Crippen LogP contribution in [0.2, 0.25) is 0 Å². The molecule has 3 heteroatoms. The van der Waals surface area contributed by atoms with Gasteiger partial charge in [-0.15, -0.1) is 0 Å². The molecular formula is C4H5NOS. The Morgan fingerprint density at radius 2 is 2.71 bits per heavy atom. The summed E-state index contributed by atoms with van der Waals surface area (Å²) in [4.78, 5) is 3.83. The molecule has 1 heterocycles. The zero-order valence-corrected chi connectivity index (χ0v) is 4.73. The molecule has 0 radical (unpaired) electrons. The fourth-order valence-electron chi connectivity index (χ4n) is 0.311. The van der Waals surface area contributed by atoms with Crippen molar-refractivity contribution in [1.82, 2.24) is 4.98 Å². The molecule has 1 rings (SSSR count). The third-order valence-corrected chi connectivity index (χ3v) is 1.14. The molecule has 0 saturated heterocycles. The Kier molecular flexibility index (Phi) is 1.36. The maximum atomic E-state index is 4.83. The van der Waals surface area contributed by atoms with E-state index < -0.39 is 0 Å². The van der Waals surface area contributed by atoms with Gasteiger partial charge < -0.3 is 4.42 Å². The Morgan fingerprint density at radius 3 is 3.00 bits per heavy atom. The topological polar surface area (TPSA) is 26.0 Å². The highest BCUT2D eigenvalue weighted by molar-refractivity contribution is 7.98. The van der Waals surface area contributed by atoms with Crippen molar-refractivity contribution in [3.05, 3.63) is 12.5 Å². The molecule has 2 nitrogen and oxygen atoms in total. The second-order valence-electron chi connectivity index (χ2n) is 1.00. The van der Waals surface area contributed by atoms with Crippen LogP contribution in [0.1, 0.15) is 0 Å². The first-order chi connectivity index (χ1) is 3.43. The highest BCUT2D eigenvalue weighted by Gasteiger charge is 1.87. The van der Waals surface area contributed by atoms with Crippen molar-refractivity contribution in [2.24, 2.45) is 0 Å². The predicted molar refractivity (Wildman–Crippen MR) is 28.3 cm³/mol. The molecule has 0 spiro atoms. The number of hydrogen-bond donors (Lipinski definition) is 0. The average molecular weight is 115 g/mol. The molecule has 0 bridgehead atoms. The summed E-state index contributed by atoms with van der Waals surface area (Å²) in [7, 11) is 0. The van der Waals surface area contributed by atoms with Crippen LogP contribution in [-0.4, -0.2) is 11.2 Å². The van der Waals surface area contributed by atoms with Gasteiger partial charge in [-0.1, -0.05) is 11.8 Å². The first-order valence-corrected chi connectivity index (χ1v) is 3.09. The van der Waals surface area contributed by atoms with Crippen LogP contribution in [0.25, 0.3) is 0 Å². The van der Waals surface area contributed by atoms with Gasteiger partial charge >= 0.3 is 0 Å². The molecule has 0 aliphatic carbocycles. The van der Waals surface area contributed by atoms with Crippen LogP contribution in [0.15, 0.2) is 22.1 Å². The SMILES string of the molecule is CSc1ncco1. The summed E-state index contributed by atoms with van der Waals surface area (Å²) >= 11 is 1.50. The van der Waals surface area contributed by atoms with Crippen molar-refractivity contribution in [2.45, 2.75) is 5.22 Å². The van der Waals surface area contributed by atoms with Crippen molar-refractivity contribution in [3.63, 3.8) is 0 Å². The number of nitrogens with zero attached hydrogens (tertiary/aromatic N) is 1. The molecule has 1 aromatic rings. The molecule has 38 valence electrons. The number of hydrogen-bond acceptors (Lipinski definition) is 3. The molecule has 0 unspecified atom stereocenters. The Morgan fingerprint density at radius 1 is 1.86 bits per heavy atom. The van der Waals surface area contributed by atoms with E-state index in [9.17, 15) is 0 Å². The van der Waals surface area contributed by atoms with Crippen molar-refractivity contribution in [3.8, 4) is 0 Å². The highest BCUT2D eigenvalue weighted by atomic mass is 32.2. The monoisotopic (exact) mass is 115 g/mol. The minimum atomic E-state index is 0.722. The first-order valence-electron chi connectivity index (χ1n) is 1.87. The van der Waals surface area contributed by atoms with Crippen LogP contribution >= 0.6 is 11.8 Å². The van der Waals surface area contributed by atoms with Crippen LogP contribution < -0.4 is 0 Å². The molecule has 7 heavy (non-hydrogen) atoms. The number of aromatic nitrogens is 1. The highest BCUT2D eigenvalue weighted by Crippen LogP contribution is 2.08. The summed E-state index contributed by atoms with van der Waals surface area (Å²) in [6.45, 7) is 0. The third kappa shape index (κ3) is 0.962. The largest absolute Gasteiger partial charge is 0.440 e. The standard InChI is InChI=1S/C4H5NOS/c1-7-4-5-2-3-6-4/h2-3H,1H3. The lowest BCUT2D eigenvalue weighted by Gasteiger charge is -1.77. The minimum absolute atomic E-state index is 0.722. The van der Waals surface area contributed by atoms with Crippen molar-refractivity contribution < 1.29 is 4.42 Å². The number of thioether (sulfide) groups is 1. The van der Waals surface area contributed by atoms with E-state index in [4.69, 9.17) is 4.42 Å². The number of oxazole rings is 1. The molecule has 0 N–H and O–H groups in total. The third-order valence-electron chi connectivity index (χ3n) is 0.584. The second-order valence-corrected chi connectivity index (χ2v) is 1.76. The van der Waals surface area contributed by atoms with Gasteiger partial charge in [-0.05, 0) is 6.26 Å². The zero-order chi connectivity index (χ0) is 5.11. The molecule has 0 aromatic carbocycles. The summed E-state index contributed by atoms with van der Waals surface area (Å²) in [5.74, 6) is 0. The van der Waals surface area contributed by atoms with Gasteiger partial charge in [0.15, 0.2) is 0 Å². The van der Waals surface area contributed by atoms with Gasteiger partial charge in [0, 0.05) is 0 Å². The lowest BCUT2D eigenvalue weighted by atomic mass is 11.0. The van der Waals surface area contributed by atoms with Gasteiger partial charge in [0.2, 0.25) is 0 Å². The summed E-state index contributed by atoms with van der Waals surface area (Å²) in [5, 5.41) is 0.722. The lowest BCUT2D eigenvalue weighted by Crippen LogP contribution is -1.59. The maximum Gasteiger partial charge on any atom is 0.255 e. The van der Waals surface area contributed by atoms with Gasteiger partial charge in [-0.25, -0.2) is 4.98 Å². The molecule has 1 aromatic heterocycles. The fraction of sp³-hybridized carbons (Fsp3) is 0.250. The van der Waals surface area contributed by atoms with E-state index >= 15 is 0 Å². The van der Waals surface area contributed by atoms with Crippen LogP contribution in [0.5, 0.6) is 0 Å². The Labute approximate surface area is 45.9 Å². The Balaban J connectivity index is 2.76. The molecule has 0 aliphatic heterocycles. The molecule has 0 fully saturated rings. The second kappa shape index (κ2) is 2.02. The van der Waals surface area contributed by atoms with E-state index in [-0.39, 0.29) is 0 Å². The van der Waals surface area contributed by atoms with Crippen molar-refractivity contribution in [1.29, 1.82) is 0 Å². The van der Waals surface area contributed by atoms with E-state index in [1.54, 1.807) is 12.5 Å². The van der Waals surface area contributed by atoms with Gasteiger partial charge in [0.25, 0.3) is 5.22 Å². The van der Waals surface area contributed by atoms with E-state index in [0.29, 0.717) is 0 Å². The van der Waals surface area contributed by atoms with E-state index in [1.165, 1.54) is 11.8 Å². The molecule has 0 amide bonds. The first kappa shape index (κ1) is 4.71. The van der Waals surface area contributed by atoms with Gasteiger partial charge in [-0.2, -0.15) is 0 Å². The van der Waals surface area contributed by atoms with Crippen LogP contribution in [-0.2, 0) is 0 Å². The van der Waals surface area contributed by atoms with Gasteiger partial charge in [0.1, 0.15) is 6.26 Å². The summed E-state index contributed by atoms with van der Waals surface area (Å²) < 4.78 is 4.83. The smallest absolute Gasteiger partial charge is 0.255 e. The maximum absolute atomic E-state index is 4.83. The summed E-state index contributed by atoms with van der Waals surface area (Å²) in [5.41, 5.74) is 0. The average Bonchev–Trinajstić information content (AvgIpc) is 2.14. The minimum Gasteiger partial charge on any atom is -0.440 e. The molecule has 0 atom stereocenters. The fourth-order valence-corrected chi connectivity index (χ4v) is 0.629. The summed E-state index contributed by atoms with van der Waals surface area (Å²) in [6, 6.07) is 0. The van der Waals surface area contributed by atoms with E-state index in [0.717, 1.165) is 5.22 Å². The quantitative estimate of drug-likeness (QED) is 0.517.